The molecule has 5 rings (SSSR count). The van der Waals surface area contributed by atoms with Gasteiger partial charge in [-0.05, 0) is 31.2 Å². The van der Waals surface area contributed by atoms with Gasteiger partial charge in [-0.2, -0.15) is 4.79 Å². The lowest BCUT2D eigenvalue weighted by molar-refractivity contribution is -0.482. The fourth-order valence-electron chi connectivity index (χ4n) is 4.18. The number of fused-ring (bicyclic) bond motifs is 1. The van der Waals surface area contributed by atoms with Gasteiger partial charge in [-0.1, -0.05) is 10.3 Å². The molecule has 0 spiro atoms. The van der Waals surface area contributed by atoms with Gasteiger partial charge in [-0.25, -0.2) is 9.18 Å². The third kappa shape index (κ3) is 5.39. The summed E-state index contributed by atoms with van der Waals surface area (Å²) in [7, 11) is 4.31. The van der Waals surface area contributed by atoms with E-state index in [-0.39, 0.29) is 18.0 Å². The molecule has 0 radical (unpaired) electrons. The van der Waals surface area contributed by atoms with Crippen molar-refractivity contribution < 1.29 is 42.2 Å². The molecule has 0 aliphatic carbocycles. The van der Waals surface area contributed by atoms with Gasteiger partial charge in [-0.3, -0.25) is 9.78 Å². The Balaban J connectivity index is 1.33. The SMILES string of the molecule is COc1cc2nccc(Oc3ccc(NC(=O)C4N=[N+](C)C(=O)N(Cc5cc(C)on5)C4=O)cc3F)c2cc1OC. The maximum Gasteiger partial charge on any atom is 0.521 e. The second-order valence-electron chi connectivity index (χ2n) is 8.95. The molecule has 0 bridgehead atoms. The van der Waals surface area contributed by atoms with Gasteiger partial charge in [0, 0.05) is 35.5 Å². The molecule has 4 aromatic rings. The Labute approximate surface area is 232 Å². The van der Waals surface area contributed by atoms with Gasteiger partial charge in [0.2, 0.25) is 0 Å². The van der Waals surface area contributed by atoms with Crippen molar-refractivity contribution >= 4 is 34.4 Å². The highest BCUT2D eigenvalue weighted by Crippen LogP contribution is 2.37. The van der Waals surface area contributed by atoms with Crippen molar-refractivity contribution in [2.75, 3.05) is 26.6 Å². The number of benzene rings is 2. The van der Waals surface area contributed by atoms with Gasteiger partial charge >= 0.3 is 11.9 Å². The Morgan fingerprint density at radius 1 is 1.07 bits per heavy atom. The Hall–Kier alpha value is -5.40. The van der Waals surface area contributed by atoms with Crippen LogP contribution in [0.25, 0.3) is 10.9 Å². The van der Waals surface area contributed by atoms with E-state index in [9.17, 15) is 14.4 Å². The minimum atomic E-state index is -1.58. The largest absolute Gasteiger partial charge is 0.521 e. The van der Waals surface area contributed by atoms with Crippen molar-refractivity contribution in [1.29, 1.82) is 0 Å². The first kappa shape index (κ1) is 27.2. The number of amides is 4. The van der Waals surface area contributed by atoms with E-state index in [1.807, 2.05) is 0 Å². The number of imide groups is 1. The topological polar surface area (TPSA) is 148 Å². The highest BCUT2D eigenvalue weighted by Gasteiger charge is 2.47. The van der Waals surface area contributed by atoms with Crippen molar-refractivity contribution in [2.45, 2.75) is 19.5 Å². The van der Waals surface area contributed by atoms with Crippen LogP contribution in [0.15, 0.2) is 58.3 Å². The van der Waals surface area contributed by atoms with Crippen LogP contribution in [-0.2, 0) is 16.1 Å². The van der Waals surface area contributed by atoms with Crippen molar-refractivity contribution in [3.05, 3.63) is 65.9 Å². The molecule has 1 aliphatic rings. The second-order valence-corrected chi connectivity index (χ2v) is 8.95. The molecule has 210 valence electrons. The zero-order valence-corrected chi connectivity index (χ0v) is 22.4. The van der Waals surface area contributed by atoms with E-state index < -0.39 is 29.7 Å². The summed E-state index contributed by atoms with van der Waals surface area (Å²) in [6.07, 6.45) is 1.51. The third-order valence-corrected chi connectivity index (χ3v) is 6.17. The summed E-state index contributed by atoms with van der Waals surface area (Å²) in [6, 6.07) is 7.94. The van der Waals surface area contributed by atoms with Gasteiger partial charge in [0.15, 0.2) is 23.1 Å². The molecule has 14 heteroatoms. The Morgan fingerprint density at radius 3 is 2.51 bits per heavy atom. The van der Waals surface area contributed by atoms with Crippen LogP contribution in [0.2, 0.25) is 0 Å². The lowest BCUT2D eigenvalue weighted by Gasteiger charge is -2.20. The number of nitrogens with one attached hydrogen (secondary N) is 1. The summed E-state index contributed by atoms with van der Waals surface area (Å²) in [4.78, 5) is 43.6. The zero-order chi connectivity index (χ0) is 29.3. The zero-order valence-electron chi connectivity index (χ0n) is 22.4. The molecule has 1 aliphatic heterocycles. The molecule has 1 N–H and O–H groups in total. The number of aryl methyl sites for hydroxylation is 1. The van der Waals surface area contributed by atoms with Gasteiger partial charge in [0.25, 0.3) is 11.9 Å². The highest BCUT2D eigenvalue weighted by molar-refractivity contribution is 6.13. The van der Waals surface area contributed by atoms with E-state index in [0.29, 0.717) is 39.6 Å². The van der Waals surface area contributed by atoms with Gasteiger partial charge in [-0.15, -0.1) is 9.60 Å². The molecule has 0 saturated heterocycles. The maximum atomic E-state index is 15.1. The fourth-order valence-corrected chi connectivity index (χ4v) is 4.18. The van der Waals surface area contributed by atoms with E-state index in [2.05, 4.69) is 20.6 Å². The number of halogens is 1. The number of methoxy groups -OCH3 is 2. The summed E-state index contributed by atoms with van der Waals surface area (Å²) in [5.74, 6) is -0.886. The van der Waals surface area contributed by atoms with Crippen LogP contribution in [0.3, 0.4) is 0 Å². The monoisotopic (exact) mass is 563 g/mol. The lowest BCUT2D eigenvalue weighted by Crippen LogP contribution is -2.53. The lowest BCUT2D eigenvalue weighted by atomic mass is 10.1. The number of ether oxygens (including phenoxy) is 3. The van der Waals surface area contributed by atoms with Crippen LogP contribution < -0.4 is 19.5 Å². The minimum Gasteiger partial charge on any atom is -0.493 e. The number of nitrogens with zero attached hydrogens (tertiary/aromatic N) is 5. The molecule has 4 amide bonds. The van der Waals surface area contributed by atoms with Crippen molar-refractivity contribution in [3.8, 4) is 23.0 Å². The Bertz CT molecular complexity index is 1720. The molecular weight excluding hydrogens is 539 g/mol. The minimum absolute atomic E-state index is 0.0482. The van der Waals surface area contributed by atoms with Crippen LogP contribution in [0.5, 0.6) is 23.0 Å². The number of anilines is 1. The summed E-state index contributed by atoms with van der Waals surface area (Å²) in [5.41, 5.74) is 0.921. The predicted molar refractivity (Wildman–Crippen MR) is 140 cm³/mol. The molecule has 1 unspecified atom stereocenters. The van der Waals surface area contributed by atoms with E-state index in [4.69, 9.17) is 18.7 Å². The number of aromatic nitrogens is 2. The van der Waals surface area contributed by atoms with E-state index in [1.54, 1.807) is 31.2 Å². The first-order valence-corrected chi connectivity index (χ1v) is 12.2. The molecule has 1 atom stereocenters. The summed E-state index contributed by atoms with van der Waals surface area (Å²) < 4.78 is 37.4. The van der Waals surface area contributed by atoms with E-state index in [0.717, 1.165) is 15.7 Å². The van der Waals surface area contributed by atoms with Gasteiger partial charge in [0.1, 0.15) is 30.8 Å². The highest BCUT2D eigenvalue weighted by atomic mass is 19.1. The van der Waals surface area contributed by atoms with Crippen LogP contribution in [0.4, 0.5) is 14.9 Å². The molecule has 3 heterocycles. The molecule has 2 aromatic heterocycles. The van der Waals surface area contributed by atoms with Crippen LogP contribution in [0.1, 0.15) is 11.5 Å². The number of azo groups is 2. The number of hydrogen-bond donors (Lipinski definition) is 1. The van der Waals surface area contributed by atoms with Gasteiger partial charge in [0.05, 0.1) is 19.7 Å². The maximum absolute atomic E-state index is 15.1. The average molecular weight is 564 g/mol. The number of urea groups is 1. The third-order valence-electron chi connectivity index (χ3n) is 6.17. The van der Waals surface area contributed by atoms with Gasteiger partial charge < -0.3 is 24.1 Å². The predicted octanol–water partition coefficient (Wildman–Crippen LogP) is 4.04. The molecular formula is C27H24FN6O7+. The quantitative estimate of drug-likeness (QED) is 0.248. The smallest absolute Gasteiger partial charge is 0.493 e. The van der Waals surface area contributed by atoms with Crippen molar-refractivity contribution in [2.24, 2.45) is 5.11 Å². The first-order valence-electron chi connectivity index (χ1n) is 12.2. The second kappa shape index (κ2) is 11.0. The van der Waals surface area contributed by atoms with Crippen LogP contribution in [0, 0.1) is 12.7 Å². The number of pyridine rings is 1. The fraction of sp³-hybridized carbons (Fsp3) is 0.222. The molecule has 0 saturated carbocycles. The number of hydrogen-bond acceptors (Lipinski definition) is 10. The summed E-state index contributed by atoms with van der Waals surface area (Å²) >= 11 is 0. The number of carbonyl (C=O) groups is 3. The normalized spacial score (nSPS) is 15.1. The van der Waals surface area contributed by atoms with Crippen LogP contribution >= 0.6 is 0 Å². The first-order chi connectivity index (χ1) is 19.7. The molecule has 13 nitrogen and oxygen atoms in total. The molecule has 0 fully saturated rings. The average Bonchev–Trinajstić information content (AvgIpc) is 3.38. The summed E-state index contributed by atoms with van der Waals surface area (Å²) in [6.45, 7) is 1.46. The summed E-state index contributed by atoms with van der Waals surface area (Å²) in [5, 5.41) is 10.7. The molecule has 41 heavy (non-hydrogen) atoms. The molecule has 2 aromatic carbocycles. The Morgan fingerprint density at radius 2 is 1.83 bits per heavy atom. The standard InChI is InChI=1S/C27H23FN6O7/c1-14-9-16(32-41-14)13-34-26(36)24(31-33(2)27(34)37)25(35)30-15-5-6-21(18(28)10-15)40-20-7-8-29-19-12-23(39-4)22(38-3)11-17(19)20/h5-12,24H,13H2,1-4H3/p+1. The van der Waals surface area contributed by atoms with Crippen LogP contribution in [-0.4, -0.2) is 64.9 Å². The van der Waals surface area contributed by atoms with E-state index >= 15 is 4.39 Å². The van der Waals surface area contributed by atoms with E-state index in [1.165, 1.54) is 39.6 Å². The Kier molecular flexibility index (Phi) is 7.29. The van der Waals surface area contributed by atoms with Crippen molar-refractivity contribution in [1.82, 2.24) is 15.0 Å². The number of carbonyl (C=O) groups excluding carboxylic acids is 3. The van der Waals surface area contributed by atoms with Crippen molar-refractivity contribution in [3.63, 3.8) is 0 Å². The number of rotatable bonds is 8.